The Hall–Kier alpha value is -2.93. The van der Waals surface area contributed by atoms with E-state index >= 15 is 0 Å². The topological polar surface area (TPSA) is 84.0 Å². The molecule has 0 saturated carbocycles. The molecule has 0 unspecified atom stereocenters. The Morgan fingerprint density at radius 1 is 0.889 bits per heavy atom. The van der Waals surface area contributed by atoms with E-state index in [4.69, 9.17) is 0 Å². The van der Waals surface area contributed by atoms with Crippen LogP contribution in [0.25, 0.3) is 11.4 Å². The average Bonchev–Trinajstić information content (AvgIpc) is 2.61. The highest BCUT2D eigenvalue weighted by molar-refractivity contribution is 7.90. The largest absolute Gasteiger partial charge is 0.368 e. The highest BCUT2D eigenvalue weighted by atomic mass is 32.2. The van der Waals surface area contributed by atoms with Crippen LogP contribution in [0.3, 0.4) is 0 Å². The third-order valence-electron chi connectivity index (χ3n) is 3.73. The lowest BCUT2D eigenvalue weighted by Crippen LogP contribution is -2.12. The van der Waals surface area contributed by atoms with Crippen molar-refractivity contribution in [3.8, 4) is 11.4 Å². The van der Waals surface area contributed by atoms with Gasteiger partial charge < -0.3 is 10.6 Å². The van der Waals surface area contributed by atoms with Crippen LogP contribution in [0.4, 0.5) is 17.3 Å². The van der Waals surface area contributed by atoms with Crippen molar-refractivity contribution in [2.24, 2.45) is 0 Å². The predicted octanol–water partition coefficient (Wildman–Crippen LogP) is 4.11. The van der Waals surface area contributed by atoms with E-state index in [1.54, 1.807) is 24.3 Å². The Kier molecular flexibility index (Phi) is 5.41. The first-order valence-corrected chi connectivity index (χ1v) is 10.5. The summed E-state index contributed by atoms with van der Waals surface area (Å²) in [5.41, 5.74) is 1.55. The van der Waals surface area contributed by atoms with Crippen LogP contribution in [0, 0.1) is 0 Å². The SMILES string of the molecule is CC(C)Nc1cc(Nc2ccccc2)nc(-c2cccc(S(C)(=O)=O)c2)n1. The Morgan fingerprint density at radius 2 is 1.59 bits per heavy atom. The molecule has 1 aromatic heterocycles. The van der Waals surface area contributed by atoms with Crippen LogP contribution in [-0.2, 0) is 9.84 Å². The van der Waals surface area contributed by atoms with Crippen molar-refractivity contribution < 1.29 is 8.42 Å². The van der Waals surface area contributed by atoms with E-state index in [-0.39, 0.29) is 10.9 Å². The third-order valence-corrected chi connectivity index (χ3v) is 4.84. The molecule has 0 amide bonds. The van der Waals surface area contributed by atoms with Gasteiger partial charge in [0.25, 0.3) is 0 Å². The minimum absolute atomic E-state index is 0.194. The second-order valence-electron chi connectivity index (χ2n) is 6.55. The fraction of sp³-hybridized carbons (Fsp3) is 0.200. The van der Waals surface area contributed by atoms with Crippen LogP contribution in [0.2, 0.25) is 0 Å². The number of hydrogen-bond donors (Lipinski definition) is 2. The molecule has 0 fully saturated rings. The van der Waals surface area contributed by atoms with E-state index in [9.17, 15) is 8.42 Å². The molecule has 0 aliphatic carbocycles. The maximum Gasteiger partial charge on any atom is 0.175 e. The lowest BCUT2D eigenvalue weighted by molar-refractivity contribution is 0.602. The van der Waals surface area contributed by atoms with Crippen LogP contribution < -0.4 is 10.6 Å². The van der Waals surface area contributed by atoms with E-state index in [0.717, 1.165) is 5.69 Å². The minimum Gasteiger partial charge on any atom is -0.368 e. The first-order valence-electron chi connectivity index (χ1n) is 8.59. The molecule has 0 spiro atoms. The van der Waals surface area contributed by atoms with Gasteiger partial charge in [0.05, 0.1) is 4.90 Å². The van der Waals surface area contributed by atoms with E-state index in [2.05, 4.69) is 20.6 Å². The quantitative estimate of drug-likeness (QED) is 0.667. The summed E-state index contributed by atoms with van der Waals surface area (Å²) in [4.78, 5) is 9.36. The Morgan fingerprint density at radius 3 is 2.26 bits per heavy atom. The molecule has 0 aliphatic heterocycles. The van der Waals surface area contributed by atoms with Gasteiger partial charge in [0.1, 0.15) is 11.6 Å². The maximum atomic E-state index is 11.9. The van der Waals surface area contributed by atoms with E-state index in [1.807, 2.05) is 50.2 Å². The lowest BCUT2D eigenvalue weighted by atomic mass is 10.2. The number of para-hydroxylation sites is 1. The molecule has 27 heavy (non-hydrogen) atoms. The zero-order valence-corrected chi connectivity index (χ0v) is 16.3. The van der Waals surface area contributed by atoms with Gasteiger partial charge in [0, 0.05) is 29.6 Å². The summed E-state index contributed by atoms with van der Waals surface area (Å²) in [5.74, 6) is 1.74. The van der Waals surface area contributed by atoms with Gasteiger partial charge in [-0.3, -0.25) is 0 Å². The van der Waals surface area contributed by atoms with Crippen molar-refractivity contribution in [2.75, 3.05) is 16.9 Å². The molecule has 7 heteroatoms. The fourth-order valence-electron chi connectivity index (χ4n) is 2.55. The highest BCUT2D eigenvalue weighted by Gasteiger charge is 2.12. The number of rotatable bonds is 6. The summed E-state index contributed by atoms with van der Waals surface area (Å²) in [5, 5.41) is 6.54. The van der Waals surface area contributed by atoms with Gasteiger partial charge in [-0.25, -0.2) is 18.4 Å². The van der Waals surface area contributed by atoms with Gasteiger partial charge in [-0.1, -0.05) is 30.3 Å². The van der Waals surface area contributed by atoms with Gasteiger partial charge in [-0.2, -0.15) is 0 Å². The Balaban J connectivity index is 2.05. The van der Waals surface area contributed by atoms with E-state index in [1.165, 1.54) is 6.26 Å². The van der Waals surface area contributed by atoms with Crippen LogP contribution in [0.15, 0.2) is 65.6 Å². The number of sulfone groups is 1. The first-order chi connectivity index (χ1) is 12.8. The first kappa shape index (κ1) is 18.8. The lowest BCUT2D eigenvalue weighted by Gasteiger charge is -2.13. The molecule has 1 heterocycles. The summed E-state index contributed by atoms with van der Waals surface area (Å²) < 4.78 is 23.7. The number of nitrogens with one attached hydrogen (secondary N) is 2. The summed E-state index contributed by atoms with van der Waals surface area (Å²) in [6.07, 6.45) is 1.19. The minimum atomic E-state index is -3.31. The highest BCUT2D eigenvalue weighted by Crippen LogP contribution is 2.25. The maximum absolute atomic E-state index is 11.9. The molecule has 3 rings (SSSR count). The molecule has 0 aliphatic rings. The average molecular weight is 382 g/mol. The zero-order valence-electron chi connectivity index (χ0n) is 15.5. The Labute approximate surface area is 159 Å². The smallest absolute Gasteiger partial charge is 0.175 e. The summed E-state index contributed by atoms with van der Waals surface area (Å²) in [7, 11) is -3.31. The Bertz CT molecular complexity index is 1030. The van der Waals surface area contributed by atoms with Gasteiger partial charge in [0.15, 0.2) is 15.7 Å². The van der Waals surface area contributed by atoms with Crippen LogP contribution in [-0.4, -0.2) is 30.7 Å². The molecule has 0 saturated heterocycles. The fourth-order valence-corrected chi connectivity index (χ4v) is 3.21. The third kappa shape index (κ3) is 5.04. The van der Waals surface area contributed by atoms with Crippen LogP contribution >= 0.6 is 0 Å². The van der Waals surface area contributed by atoms with Crippen molar-refractivity contribution >= 4 is 27.2 Å². The molecular weight excluding hydrogens is 360 g/mol. The molecular formula is C20H22N4O2S. The summed E-state index contributed by atoms with van der Waals surface area (Å²) in [6, 6.07) is 18.4. The summed E-state index contributed by atoms with van der Waals surface area (Å²) in [6.45, 7) is 4.05. The van der Waals surface area contributed by atoms with Crippen molar-refractivity contribution in [2.45, 2.75) is 24.8 Å². The number of nitrogens with zero attached hydrogens (tertiary/aromatic N) is 2. The molecule has 0 radical (unpaired) electrons. The number of hydrogen-bond acceptors (Lipinski definition) is 6. The van der Waals surface area contributed by atoms with Gasteiger partial charge in [0.2, 0.25) is 0 Å². The monoisotopic (exact) mass is 382 g/mol. The normalized spacial score (nSPS) is 11.4. The van der Waals surface area contributed by atoms with Crippen LogP contribution in [0.5, 0.6) is 0 Å². The van der Waals surface area contributed by atoms with E-state index in [0.29, 0.717) is 23.0 Å². The van der Waals surface area contributed by atoms with E-state index < -0.39 is 9.84 Å². The van der Waals surface area contributed by atoms with Crippen molar-refractivity contribution in [1.82, 2.24) is 9.97 Å². The molecule has 140 valence electrons. The number of benzene rings is 2. The van der Waals surface area contributed by atoms with Crippen molar-refractivity contribution in [3.63, 3.8) is 0 Å². The predicted molar refractivity (Wildman–Crippen MR) is 109 cm³/mol. The number of aromatic nitrogens is 2. The second kappa shape index (κ2) is 7.75. The van der Waals surface area contributed by atoms with Gasteiger partial charge in [-0.05, 0) is 38.1 Å². The van der Waals surface area contributed by atoms with Gasteiger partial charge in [-0.15, -0.1) is 0 Å². The molecule has 0 atom stereocenters. The second-order valence-corrected chi connectivity index (χ2v) is 8.57. The van der Waals surface area contributed by atoms with Gasteiger partial charge >= 0.3 is 0 Å². The van der Waals surface area contributed by atoms with Crippen molar-refractivity contribution in [3.05, 3.63) is 60.7 Å². The van der Waals surface area contributed by atoms with Crippen molar-refractivity contribution in [1.29, 1.82) is 0 Å². The molecule has 0 bridgehead atoms. The molecule has 2 aromatic carbocycles. The molecule has 6 nitrogen and oxygen atoms in total. The summed E-state index contributed by atoms with van der Waals surface area (Å²) >= 11 is 0. The molecule has 2 N–H and O–H groups in total. The van der Waals surface area contributed by atoms with Crippen LogP contribution in [0.1, 0.15) is 13.8 Å². The standard InChI is InChI=1S/C20H22N4O2S/c1-14(2)21-18-13-19(22-16-9-5-4-6-10-16)24-20(23-18)15-8-7-11-17(12-15)27(3,25)26/h4-14H,1-3H3,(H2,21,22,23,24). The molecule has 3 aromatic rings. The zero-order chi connectivity index (χ0) is 19.4. The number of anilines is 3.